The number of hydrogen-bond acceptors (Lipinski definition) is 4. The molecule has 0 unspecified atom stereocenters. The standard InChI is InChI=1S/C11H23NO3/c1-4-5-8-10(12)7(2)11(13)9(15-8)6-14-3/h7-11,13H,4-6,12H2,1-3H3/t7-,8-,9-,10-,11-/m1/s1. The van der Waals surface area contributed by atoms with Gasteiger partial charge in [-0.25, -0.2) is 0 Å². The number of aliphatic hydroxyl groups excluding tert-OH is 1. The lowest BCUT2D eigenvalue weighted by Gasteiger charge is -2.42. The lowest BCUT2D eigenvalue weighted by Crippen LogP contribution is -2.57. The molecule has 0 spiro atoms. The zero-order valence-corrected chi connectivity index (χ0v) is 9.85. The molecular weight excluding hydrogens is 194 g/mol. The fraction of sp³-hybridized carbons (Fsp3) is 1.00. The van der Waals surface area contributed by atoms with E-state index in [9.17, 15) is 5.11 Å². The predicted molar refractivity (Wildman–Crippen MR) is 58.6 cm³/mol. The highest BCUT2D eigenvalue weighted by molar-refractivity contribution is 4.92. The maximum atomic E-state index is 9.94. The molecule has 0 aromatic heterocycles. The van der Waals surface area contributed by atoms with Crippen LogP contribution in [0.25, 0.3) is 0 Å². The molecule has 3 N–H and O–H groups in total. The van der Waals surface area contributed by atoms with Gasteiger partial charge in [-0.2, -0.15) is 0 Å². The summed E-state index contributed by atoms with van der Waals surface area (Å²) in [5, 5.41) is 9.94. The van der Waals surface area contributed by atoms with E-state index in [1.165, 1.54) is 0 Å². The second-order valence-corrected chi connectivity index (χ2v) is 4.38. The first kappa shape index (κ1) is 12.9. The van der Waals surface area contributed by atoms with Gasteiger partial charge in [-0.3, -0.25) is 0 Å². The van der Waals surface area contributed by atoms with Crippen LogP contribution in [0.2, 0.25) is 0 Å². The minimum absolute atomic E-state index is 0.0496. The number of ether oxygens (including phenoxy) is 2. The van der Waals surface area contributed by atoms with Crippen LogP contribution in [0.1, 0.15) is 26.7 Å². The first-order valence-corrected chi connectivity index (χ1v) is 5.69. The zero-order valence-electron chi connectivity index (χ0n) is 9.85. The van der Waals surface area contributed by atoms with E-state index in [1.54, 1.807) is 7.11 Å². The highest BCUT2D eigenvalue weighted by Crippen LogP contribution is 2.27. The predicted octanol–water partition coefficient (Wildman–Crippen LogP) is 0.525. The van der Waals surface area contributed by atoms with Gasteiger partial charge < -0.3 is 20.3 Å². The van der Waals surface area contributed by atoms with Crippen LogP contribution in [-0.4, -0.2) is 43.2 Å². The second kappa shape index (κ2) is 5.80. The summed E-state index contributed by atoms with van der Waals surface area (Å²) in [6, 6.07) is -0.0759. The average molecular weight is 217 g/mol. The van der Waals surface area contributed by atoms with Crippen molar-refractivity contribution in [3.05, 3.63) is 0 Å². The monoisotopic (exact) mass is 217 g/mol. The fourth-order valence-electron chi connectivity index (χ4n) is 2.15. The third kappa shape index (κ3) is 2.91. The molecule has 15 heavy (non-hydrogen) atoms. The summed E-state index contributed by atoms with van der Waals surface area (Å²) in [5.41, 5.74) is 6.03. The molecule has 1 aliphatic heterocycles. The minimum Gasteiger partial charge on any atom is -0.390 e. The second-order valence-electron chi connectivity index (χ2n) is 4.38. The van der Waals surface area contributed by atoms with Crippen molar-refractivity contribution < 1.29 is 14.6 Å². The van der Waals surface area contributed by atoms with E-state index in [-0.39, 0.29) is 24.2 Å². The van der Waals surface area contributed by atoms with Gasteiger partial charge in [0.25, 0.3) is 0 Å². The van der Waals surface area contributed by atoms with Gasteiger partial charge in [-0.1, -0.05) is 20.3 Å². The van der Waals surface area contributed by atoms with Gasteiger partial charge in [-0.05, 0) is 6.42 Å². The topological polar surface area (TPSA) is 64.7 Å². The van der Waals surface area contributed by atoms with Crippen molar-refractivity contribution in [3.8, 4) is 0 Å². The van der Waals surface area contributed by atoms with Crippen molar-refractivity contribution in [2.45, 2.75) is 51.0 Å². The molecule has 4 nitrogen and oxygen atoms in total. The maximum absolute atomic E-state index is 9.94. The van der Waals surface area contributed by atoms with E-state index in [1.807, 2.05) is 6.92 Å². The fourth-order valence-corrected chi connectivity index (χ4v) is 2.15. The molecular formula is C11H23NO3. The first-order valence-electron chi connectivity index (χ1n) is 5.69. The Labute approximate surface area is 91.7 Å². The van der Waals surface area contributed by atoms with Crippen molar-refractivity contribution in [3.63, 3.8) is 0 Å². The van der Waals surface area contributed by atoms with Gasteiger partial charge in [0.2, 0.25) is 0 Å². The summed E-state index contributed by atoms with van der Waals surface area (Å²) < 4.78 is 10.8. The van der Waals surface area contributed by atoms with Gasteiger partial charge in [0.1, 0.15) is 6.10 Å². The van der Waals surface area contributed by atoms with Crippen molar-refractivity contribution in [1.29, 1.82) is 0 Å². The third-order valence-electron chi connectivity index (χ3n) is 3.21. The van der Waals surface area contributed by atoms with Crippen LogP contribution in [0, 0.1) is 5.92 Å². The van der Waals surface area contributed by atoms with Crippen molar-refractivity contribution >= 4 is 0 Å². The molecule has 1 heterocycles. The Balaban J connectivity index is 2.62. The molecule has 0 aromatic rings. The van der Waals surface area contributed by atoms with Crippen LogP contribution < -0.4 is 5.73 Å². The van der Waals surface area contributed by atoms with Gasteiger partial charge in [0.05, 0.1) is 18.8 Å². The molecule has 0 aliphatic carbocycles. The van der Waals surface area contributed by atoms with E-state index >= 15 is 0 Å². The Morgan fingerprint density at radius 2 is 2.07 bits per heavy atom. The van der Waals surface area contributed by atoms with Crippen LogP contribution in [0.15, 0.2) is 0 Å². The molecule has 0 amide bonds. The van der Waals surface area contributed by atoms with Crippen molar-refractivity contribution in [1.82, 2.24) is 0 Å². The van der Waals surface area contributed by atoms with E-state index in [2.05, 4.69) is 6.92 Å². The number of methoxy groups -OCH3 is 1. The van der Waals surface area contributed by atoms with Crippen LogP contribution in [0.3, 0.4) is 0 Å². The van der Waals surface area contributed by atoms with E-state index in [4.69, 9.17) is 15.2 Å². The molecule has 0 aromatic carbocycles. The molecule has 1 aliphatic rings. The Kier molecular flexibility index (Phi) is 4.99. The first-order chi connectivity index (χ1) is 7.11. The molecule has 1 rings (SSSR count). The summed E-state index contributed by atoms with van der Waals surface area (Å²) in [6.07, 6.45) is 1.28. The van der Waals surface area contributed by atoms with Crippen LogP contribution in [0.5, 0.6) is 0 Å². The number of hydrogen-bond donors (Lipinski definition) is 2. The van der Waals surface area contributed by atoms with Crippen LogP contribution in [-0.2, 0) is 9.47 Å². The SMILES string of the molecule is CCC[C@H]1O[C@H](COC)[C@H](O)[C@H](C)[C@H]1N. The summed E-state index contributed by atoms with van der Waals surface area (Å²) >= 11 is 0. The highest BCUT2D eigenvalue weighted by atomic mass is 16.5. The number of nitrogens with two attached hydrogens (primary N) is 1. The smallest absolute Gasteiger partial charge is 0.107 e. The number of aliphatic hydroxyl groups is 1. The molecule has 0 radical (unpaired) electrons. The largest absolute Gasteiger partial charge is 0.390 e. The quantitative estimate of drug-likeness (QED) is 0.721. The normalized spacial score (nSPS) is 41.8. The number of rotatable bonds is 4. The van der Waals surface area contributed by atoms with Gasteiger partial charge in [-0.15, -0.1) is 0 Å². The highest BCUT2D eigenvalue weighted by Gasteiger charge is 2.40. The maximum Gasteiger partial charge on any atom is 0.107 e. The van der Waals surface area contributed by atoms with E-state index < -0.39 is 6.10 Å². The minimum atomic E-state index is -0.520. The Bertz CT molecular complexity index is 171. The third-order valence-corrected chi connectivity index (χ3v) is 3.21. The van der Waals surface area contributed by atoms with E-state index in [0.717, 1.165) is 12.8 Å². The molecule has 90 valence electrons. The Hall–Kier alpha value is -0.160. The molecule has 1 fully saturated rings. The zero-order chi connectivity index (χ0) is 11.4. The van der Waals surface area contributed by atoms with Gasteiger partial charge in [0, 0.05) is 19.1 Å². The van der Waals surface area contributed by atoms with Gasteiger partial charge in [0.15, 0.2) is 0 Å². The Morgan fingerprint density at radius 3 is 2.60 bits per heavy atom. The summed E-state index contributed by atoms with van der Waals surface area (Å²) in [5.74, 6) is 0.0652. The molecule has 0 saturated carbocycles. The lowest BCUT2D eigenvalue weighted by atomic mass is 9.85. The summed E-state index contributed by atoms with van der Waals surface area (Å²) in [4.78, 5) is 0. The van der Waals surface area contributed by atoms with Gasteiger partial charge >= 0.3 is 0 Å². The van der Waals surface area contributed by atoms with E-state index in [0.29, 0.717) is 6.61 Å². The van der Waals surface area contributed by atoms with Crippen molar-refractivity contribution in [2.75, 3.05) is 13.7 Å². The average Bonchev–Trinajstić information content (AvgIpc) is 2.22. The molecule has 0 bridgehead atoms. The summed E-state index contributed by atoms with van der Waals surface area (Å²) in [7, 11) is 1.62. The lowest BCUT2D eigenvalue weighted by molar-refractivity contribution is -0.169. The van der Waals surface area contributed by atoms with Crippen molar-refractivity contribution in [2.24, 2.45) is 11.7 Å². The Morgan fingerprint density at radius 1 is 1.40 bits per heavy atom. The van der Waals surface area contributed by atoms with Crippen LogP contribution in [0.4, 0.5) is 0 Å². The van der Waals surface area contributed by atoms with Crippen LogP contribution >= 0.6 is 0 Å². The molecule has 4 heteroatoms. The molecule has 1 saturated heterocycles. The summed E-state index contributed by atoms with van der Waals surface area (Å²) in [6.45, 7) is 4.51. The molecule has 5 atom stereocenters.